The van der Waals surface area contributed by atoms with Crippen molar-refractivity contribution in [1.82, 2.24) is 19.9 Å². The highest BCUT2D eigenvalue weighted by Gasteiger charge is 2.12. The number of carbonyl (C=O) groups is 1. The molecular weight excluding hydrogens is 316 g/mol. The molecule has 3 rings (SSSR count). The van der Waals surface area contributed by atoms with Crippen LogP contribution in [-0.4, -0.2) is 32.3 Å². The Kier molecular flexibility index (Phi) is 4.99. The lowest BCUT2D eigenvalue weighted by molar-refractivity contribution is -0.126. The minimum atomic E-state index is -0.199. The third-order valence-electron chi connectivity index (χ3n) is 3.80. The van der Waals surface area contributed by atoms with Crippen molar-refractivity contribution >= 4 is 22.9 Å². The molecule has 0 radical (unpaired) electrons. The number of hydrogen-bond acceptors (Lipinski definition) is 4. The van der Waals surface area contributed by atoms with Crippen molar-refractivity contribution in [2.24, 2.45) is 0 Å². The van der Waals surface area contributed by atoms with Crippen LogP contribution in [0.4, 0.5) is 0 Å². The molecule has 0 unspecified atom stereocenters. The highest BCUT2D eigenvalue weighted by molar-refractivity contribution is 5.91. The lowest BCUT2D eigenvalue weighted by atomic mass is 10.2. The van der Waals surface area contributed by atoms with Crippen LogP contribution in [0.5, 0.6) is 0 Å². The highest BCUT2D eigenvalue weighted by atomic mass is 16.2. The number of aromatic amines is 1. The zero-order valence-corrected chi connectivity index (χ0v) is 13.8. The number of pyridine rings is 1. The number of nitrogens with one attached hydrogen (secondary N) is 1. The summed E-state index contributed by atoms with van der Waals surface area (Å²) in [5.41, 5.74) is 1.27. The first kappa shape index (κ1) is 16.6. The molecule has 0 aliphatic rings. The summed E-state index contributed by atoms with van der Waals surface area (Å²) < 4.78 is 0. The predicted molar refractivity (Wildman–Crippen MR) is 96.7 cm³/mol. The Morgan fingerprint density at radius 2 is 2.08 bits per heavy atom. The largest absolute Gasteiger partial charge is 0.332 e. The van der Waals surface area contributed by atoms with E-state index in [1.165, 1.54) is 6.08 Å². The van der Waals surface area contributed by atoms with Crippen LogP contribution in [0, 0.1) is 0 Å². The second-order valence-corrected chi connectivity index (χ2v) is 5.50. The van der Waals surface area contributed by atoms with Gasteiger partial charge in [-0.3, -0.25) is 14.6 Å². The third-order valence-corrected chi connectivity index (χ3v) is 3.80. The first-order valence-electron chi connectivity index (χ1n) is 8.02. The van der Waals surface area contributed by atoms with Crippen molar-refractivity contribution in [3.8, 4) is 0 Å². The Morgan fingerprint density at radius 1 is 1.24 bits per heavy atom. The Balaban J connectivity index is 1.79. The number of nitrogens with zero attached hydrogens (tertiary/aromatic N) is 3. The molecule has 0 saturated carbocycles. The van der Waals surface area contributed by atoms with E-state index >= 15 is 0 Å². The Morgan fingerprint density at radius 3 is 2.84 bits per heavy atom. The molecule has 6 heteroatoms. The van der Waals surface area contributed by atoms with E-state index in [1.807, 2.05) is 25.1 Å². The Hall–Kier alpha value is -3.28. The zero-order chi connectivity index (χ0) is 17.6. The molecule has 1 N–H and O–H groups in total. The van der Waals surface area contributed by atoms with Crippen molar-refractivity contribution in [2.45, 2.75) is 13.5 Å². The normalized spacial score (nSPS) is 11.1. The summed E-state index contributed by atoms with van der Waals surface area (Å²) in [6.07, 6.45) is 6.58. The van der Waals surface area contributed by atoms with Gasteiger partial charge < -0.3 is 9.88 Å². The number of amides is 1. The first-order valence-corrected chi connectivity index (χ1v) is 8.02. The summed E-state index contributed by atoms with van der Waals surface area (Å²) in [5, 5.41) is 0.539. The highest BCUT2D eigenvalue weighted by Crippen LogP contribution is 2.08. The summed E-state index contributed by atoms with van der Waals surface area (Å²) in [6.45, 7) is 2.63. The van der Waals surface area contributed by atoms with Gasteiger partial charge in [0.15, 0.2) is 0 Å². The van der Waals surface area contributed by atoms with Crippen molar-refractivity contribution in [3.05, 3.63) is 76.6 Å². The van der Waals surface area contributed by atoms with Gasteiger partial charge in [0.1, 0.15) is 5.82 Å². The number of rotatable bonds is 5. The second kappa shape index (κ2) is 7.53. The number of para-hydroxylation sites is 1. The molecule has 2 aromatic heterocycles. The maximum atomic E-state index is 12.4. The van der Waals surface area contributed by atoms with E-state index < -0.39 is 0 Å². The van der Waals surface area contributed by atoms with Gasteiger partial charge in [0, 0.05) is 25.0 Å². The molecule has 0 aliphatic heterocycles. The fourth-order valence-corrected chi connectivity index (χ4v) is 2.48. The molecule has 0 aliphatic carbocycles. The van der Waals surface area contributed by atoms with Crippen LogP contribution in [0.3, 0.4) is 0 Å². The van der Waals surface area contributed by atoms with Crippen LogP contribution < -0.4 is 5.56 Å². The van der Waals surface area contributed by atoms with Crippen molar-refractivity contribution < 1.29 is 4.79 Å². The topological polar surface area (TPSA) is 79.0 Å². The van der Waals surface area contributed by atoms with Gasteiger partial charge in [-0.15, -0.1) is 0 Å². The van der Waals surface area contributed by atoms with Crippen LogP contribution in [-0.2, 0) is 11.3 Å². The van der Waals surface area contributed by atoms with Gasteiger partial charge in [-0.2, -0.15) is 0 Å². The third kappa shape index (κ3) is 3.98. The second-order valence-electron chi connectivity index (χ2n) is 5.50. The van der Waals surface area contributed by atoms with E-state index in [9.17, 15) is 9.59 Å². The number of hydrogen-bond donors (Lipinski definition) is 1. The van der Waals surface area contributed by atoms with Crippen LogP contribution in [0.1, 0.15) is 18.3 Å². The Labute approximate surface area is 144 Å². The fraction of sp³-hybridized carbons (Fsp3) is 0.158. The molecule has 1 amide bonds. The summed E-state index contributed by atoms with van der Waals surface area (Å²) >= 11 is 0. The van der Waals surface area contributed by atoms with Crippen LogP contribution in [0.2, 0.25) is 0 Å². The molecule has 0 atom stereocenters. The summed E-state index contributed by atoms with van der Waals surface area (Å²) in [7, 11) is 0. The molecule has 126 valence electrons. The summed E-state index contributed by atoms with van der Waals surface area (Å²) in [6, 6.07) is 10.8. The average Bonchev–Trinajstić information content (AvgIpc) is 2.65. The van der Waals surface area contributed by atoms with E-state index in [0.29, 0.717) is 23.3 Å². The molecule has 25 heavy (non-hydrogen) atoms. The number of fused-ring (bicyclic) bond motifs is 1. The van der Waals surface area contributed by atoms with Crippen molar-refractivity contribution in [2.75, 3.05) is 6.54 Å². The van der Waals surface area contributed by atoms with Crippen molar-refractivity contribution in [3.63, 3.8) is 0 Å². The molecule has 1 aromatic carbocycles. The molecule has 3 aromatic rings. The van der Waals surface area contributed by atoms with E-state index in [-0.39, 0.29) is 18.0 Å². The molecule has 0 saturated heterocycles. The number of carbonyl (C=O) groups excluding carboxylic acids is 1. The lowest BCUT2D eigenvalue weighted by Gasteiger charge is -2.18. The van der Waals surface area contributed by atoms with Gasteiger partial charge in [-0.1, -0.05) is 18.2 Å². The van der Waals surface area contributed by atoms with Crippen molar-refractivity contribution in [1.29, 1.82) is 0 Å². The SMILES string of the molecule is CCN(Cc1nc2ccccc2c(=O)[nH]1)C(=O)/C=C\c1cccnc1. The fourth-order valence-electron chi connectivity index (χ4n) is 2.48. The number of likely N-dealkylation sites (N-methyl/N-ethyl adjacent to an activating group) is 1. The maximum Gasteiger partial charge on any atom is 0.258 e. The molecule has 2 heterocycles. The molecule has 0 fully saturated rings. The van der Waals surface area contributed by atoms with Crippen LogP contribution in [0.15, 0.2) is 59.7 Å². The smallest absolute Gasteiger partial charge is 0.258 e. The average molecular weight is 334 g/mol. The van der Waals surface area contributed by atoms with Crippen LogP contribution in [0.25, 0.3) is 17.0 Å². The summed E-state index contributed by atoms with van der Waals surface area (Å²) in [5.74, 6) is 0.316. The molecule has 0 spiro atoms. The molecular formula is C19H18N4O2. The van der Waals surface area contributed by atoms with Gasteiger partial charge in [-0.05, 0) is 36.8 Å². The standard InChI is InChI=1S/C19H18N4O2/c1-2-23(18(24)10-9-14-6-5-11-20-12-14)13-17-21-16-8-4-3-7-15(16)19(25)22-17/h3-12H,2,13H2,1H3,(H,21,22,25)/b10-9-. The van der Waals surface area contributed by atoms with E-state index in [2.05, 4.69) is 15.0 Å². The quantitative estimate of drug-likeness (QED) is 0.727. The minimum absolute atomic E-state index is 0.151. The van der Waals surface area contributed by atoms with Gasteiger partial charge in [0.05, 0.1) is 17.4 Å². The predicted octanol–water partition coefficient (Wildman–Crippen LogP) is 2.38. The maximum absolute atomic E-state index is 12.4. The number of H-pyrrole nitrogens is 1. The number of aromatic nitrogens is 3. The zero-order valence-electron chi connectivity index (χ0n) is 13.8. The van der Waals surface area contributed by atoms with E-state index in [4.69, 9.17) is 0 Å². The van der Waals surface area contributed by atoms with Crippen LogP contribution >= 0.6 is 0 Å². The lowest BCUT2D eigenvalue weighted by Crippen LogP contribution is -2.30. The molecule has 0 bridgehead atoms. The number of benzene rings is 1. The van der Waals surface area contributed by atoms with E-state index in [1.54, 1.807) is 41.6 Å². The molecule has 6 nitrogen and oxygen atoms in total. The van der Waals surface area contributed by atoms with Gasteiger partial charge in [0.25, 0.3) is 5.56 Å². The van der Waals surface area contributed by atoms with E-state index in [0.717, 1.165) is 5.56 Å². The summed E-state index contributed by atoms with van der Waals surface area (Å²) in [4.78, 5) is 37.3. The van der Waals surface area contributed by atoms with Gasteiger partial charge in [-0.25, -0.2) is 4.98 Å². The van der Waals surface area contributed by atoms with Gasteiger partial charge in [0.2, 0.25) is 5.91 Å². The first-order chi connectivity index (χ1) is 12.2. The Bertz CT molecular complexity index is 964. The monoisotopic (exact) mass is 334 g/mol. The van der Waals surface area contributed by atoms with Gasteiger partial charge >= 0.3 is 0 Å². The minimum Gasteiger partial charge on any atom is -0.332 e.